The molecule has 0 aliphatic carbocycles. The van der Waals surface area contributed by atoms with E-state index in [0.29, 0.717) is 6.61 Å². The summed E-state index contributed by atoms with van der Waals surface area (Å²) < 4.78 is 52.9. The van der Waals surface area contributed by atoms with E-state index in [0.717, 1.165) is 0 Å². The van der Waals surface area contributed by atoms with Gasteiger partial charge in [-0.1, -0.05) is 0 Å². The van der Waals surface area contributed by atoms with Gasteiger partial charge < -0.3 is 14.6 Å². The molecule has 0 aromatic heterocycles. The number of hydrogen-bond acceptors (Lipinski definition) is 10. The lowest BCUT2D eigenvalue weighted by molar-refractivity contribution is -0.156. The molecule has 0 atom stereocenters. The molecule has 0 bridgehead atoms. The number of aliphatic hydroxyl groups excluding tert-OH is 1. The van der Waals surface area contributed by atoms with Gasteiger partial charge in [-0.15, -0.1) is 0 Å². The van der Waals surface area contributed by atoms with Gasteiger partial charge in [0.05, 0.1) is 37.3 Å². The van der Waals surface area contributed by atoms with Gasteiger partial charge in [0.25, 0.3) is 0 Å². The van der Waals surface area contributed by atoms with Crippen LogP contribution in [0.15, 0.2) is 0 Å². The van der Waals surface area contributed by atoms with Gasteiger partial charge in [0.1, 0.15) is 0 Å². The smallest absolute Gasteiger partial charge is 0.355 e. The maximum atomic E-state index is 11.2. The number of halogens is 3. The molecule has 0 amide bonds. The number of hydrogen-bond donors (Lipinski definition) is 1. The zero-order valence-corrected chi connectivity index (χ0v) is 20.8. The molecule has 29 heavy (non-hydrogen) atoms. The summed E-state index contributed by atoms with van der Waals surface area (Å²) >= 11 is 0. The van der Waals surface area contributed by atoms with Gasteiger partial charge in [-0.05, 0) is 41.5 Å². The van der Waals surface area contributed by atoms with Gasteiger partial charge in [0, 0.05) is 32.0 Å². The molecule has 0 unspecified atom stereocenters. The Bertz CT molecular complexity index is 695. The van der Waals surface area contributed by atoms with Gasteiger partial charge >= 0.3 is 29.5 Å². The van der Waals surface area contributed by atoms with Crippen molar-refractivity contribution in [2.24, 2.45) is 10.8 Å². The van der Waals surface area contributed by atoms with Crippen LogP contribution >= 0.6 is 32.0 Å². The van der Waals surface area contributed by atoms with Crippen molar-refractivity contribution in [1.82, 2.24) is 0 Å². The lowest BCUT2D eigenvalue weighted by Gasteiger charge is -2.20. The van der Waals surface area contributed by atoms with Crippen LogP contribution in [0.5, 0.6) is 0 Å². The van der Waals surface area contributed by atoms with E-state index in [-0.39, 0.29) is 25.8 Å². The van der Waals surface area contributed by atoms with E-state index in [1.807, 2.05) is 0 Å². The molecule has 0 saturated heterocycles. The van der Waals surface area contributed by atoms with E-state index < -0.39 is 34.4 Å². The van der Waals surface area contributed by atoms with Gasteiger partial charge in [-0.3, -0.25) is 13.8 Å². The second kappa shape index (κ2) is 14.6. The third-order valence-corrected chi connectivity index (χ3v) is 3.28. The fourth-order valence-electron chi connectivity index (χ4n) is 0.994. The van der Waals surface area contributed by atoms with Gasteiger partial charge in [0.15, 0.2) is 0 Å². The highest BCUT2D eigenvalue weighted by Gasteiger charge is 2.31. The molecule has 0 fully saturated rings. The number of carbonyl (C=O) groups excluding carboxylic acids is 2. The Balaban J connectivity index is -0.000000392. The molecule has 0 spiro atoms. The predicted molar refractivity (Wildman–Crippen MR) is 109 cm³/mol. The molecule has 0 heterocycles. The molecule has 0 saturated carbocycles. The van der Waals surface area contributed by atoms with Crippen molar-refractivity contribution in [3.8, 4) is 0 Å². The Kier molecular flexibility index (Phi) is 16.8. The molecular formula is C14H27Cl3O10S2. The number of ether oxygens (including phenoxy) is 2. The van der Waals surface area contributed by atoms with Gasteiger partial charge in [-0.2, -0.15) is 16.8 Å². The van der Waals surface area contributed by atoms with Crippen LogP contribution in [0.1, 0.15) is 41.5 Å². The summed E-state index contributed by atoms with van der Waals surface area (Å²) in [6, 6.07) is 0. The summed E-state index contributed by atoms with van der Waals surface area (Å²) in [4.78, 5) is 22.2. The molecule has 0 aliphatic heterocycles. The molecule has 15 heteroatoms. The normalized spacial score (nSPS) is 11.9. The van der Waals surface area contributed by atoms with Crippen molar-refractivity contribution < 1.29 is 45.2 Å². The van der Waals surface area contributed by atoms with Crippen LogP contribution in [0.4, 0.5) is 0 Å². The van der Waals surface area contributed by atoms with E-state index in [1.165, 1.54) is 13.8 Å². The second-order valence-corrected chi connectivity index (χ2v) is 12.2. The van der Waals surface area contributed by atoms with Crippen LogP contribution in [-0.4, -0.2) is 60.3 Å². The second-order valence-electron chi connectivity index (χ2n) is 6.40. The third kappa shape index (κ3) is 23.8. The minimum absolute atomic E-state index is 0.175. The predicted octanol–water partition coefficient (Wildman–Crippen LogP) is 2.35. The van der Waals surface area contributed by atoms with E-state index >= 15 is 0 Å². The Morgan fingerprint density at radius 1 is 0.828 bits per heavy atom. The zero-order valence-electron chi connectivity index (χ0n) is 16.9. The SMILES string of the molecule is CCOC(=O)C(C)(C)CO.CCOC(=O)C(C)(C)COS(=O)(=O)Cl.O=S(=O)(Cl)Cl. The number of rotatable bonds is 8. The van der Waals surface area contributed by atoms with E-state index in [4.69, 9.17) is 33.7 Å². The monoisotopic (exact) mass is 524 g/mol. The van der Waals surface area contributed by atoms with Gasteiger partial charge in [0.2, 0.25) is 0 Å². The van der Waals surface area contributed by atoms with Crippen molar-refractivity contribution in [2.45, 2.75) is 41.5 Å². The first kappa shape index (κ1) is 33.3. The summed E-state index contributed by atoms with van der Waals surface area (Å²) in [5.74, 6) is -0.877. The molecule has 0 aromatic carbocycles. The highest BCUT2D eigenvalue weighted by Crippen LogP contribution is 2.19. The minimum Gasteiger partial charge on any atom is -0.466 e. The fourth-order valence-corrected chi connectivity index (χ4v) is 1.56. The first-order valence-corrected chi connectivity index (χ1v) is 13.3. The first-order valence-electron chi connectivity index (χ1n) is 7.92. The number of aliphatic hydroxyl groups is 1. The minimum atomic E-state index is -4.04. The highest BCUT2D eigenvalue weighted by atomic mass is 36.0. The lowest BCUT2D eigenvalue weighted by Crippen LogP contribution is -2.32. The van der Waals surface area contributed by atoms with E-state index in [2.05, 4.69) is 25.5 Å². The average Bonchev–Trinajstić information content (AvgIpc) is 2.52. The fraction of sp³-hybridized carbons (Fsp3) is 0.857. The van der Waals surface area contributed by atoms with Crippen molar-refractivity contribution in [1.29, 1.82) is 0 Å². The summed E-state index contributed by atoms with van der Waals surface area (Å²) in [5, 5.41) is 8.69. The van der Waals surface area contributed by atoms with Crippen molar-refractivity contribution in [3.05, 3.63) is 0 Å². The first-order chi connectivity index (χ1) is 12.7. The molecule has 0 radical (unpaired) electrons. The Morgan fingerprint density at radius 3 is 1.38 bits per heavy atom. The third-order valence-electron chi connectivity index (χ3n) is 2.61. The van der Waals surface area contributed by atoms with Crippen LogP contribution < -0.4 is 0 Å². The quantitative estimate of drug-likeness (QED) is 0.369. The van der Waals surface area contributed by atoms with E-state index in [9.17, 15) is 18.0 Å². The molecule has 10 nitrogen and oxygen atoms in total. The summed E-state index contributed by atoms with van der Waals surface area (Å²) in [5.41, 5.74) is -1.78. The summed E-state index contributed by atoms with van der Waals surface area (Å²) in [7, 11) is 5.59. The van der Waals surface area contributed by atoms with Crippen LogP contribution in [0.3, 0.4) is 0 Å². The number of esters is 2. The van der Waals surface area contributed by atoms with Crippen LogP contribution in [-0.2, 0) is 40.8 Å². The van der Waals surface area contributed by atoms with Crippen LogP contribution in [0.25, 0.3) is 0 Å². The molecular weight excluding hydrogens is 499 g/mol. The average molecular weight is 526 g/mol. The van der Waals surface area contributed by atoms with Crippen molar-refractivity contribution in [2.75, 3.05) is 26.4 Å². The molecule has 0 aliphatic rings. The molecule has 0 rings (SSSR count). The molecule has 176 valence electrons. The Labute approximate surface area is 185 Å². The van der Waals surface area contributed by atoms with Crippen molar-refractivity contribution >= 4 is 61.6 Å². The van der Waals surface area contributed by atoms with Crippen LogP contribution in [0, 0.1) is 10.8 Å². The van der Waals surface area contributed by atoms with E-state index in [1.54, 1.807) is 27.7 Å². The Hall–Kier alpha value is -0.370. The zero-order chi connectivity index (χ0) is 24.1. The largest absolute Gasteiger partial charge is 0.466 e. The van der Waals surface area contributed by atoms with Crippen molar-refractivity contribution in [3.63, 3.8) is 0 Å². The molecule has 1 N–H and O–H groups in total. The maximum absolute atomic E-state index is 11.2. The van der Waals surface area contributed by atoms with Crippen LogP contribution in [0.2, 0.25) is 0 Å². The summed E-state index contributed by atoms with van der Waals surface area (Å²) in [6.07, 6.45) is 0. The lowest BCUT2D eigenvalue weighted by atomic mass is 9.95. The molecule has 0 aromatic rings. The topological polar surface area (TPSA) is 150 Å². The highest BCUT2D eigenvalue weighted by molar-refractivity contribution is 8.31. The number of carbonyl (C=O) groups is 2. The van der Waals surface area contributed by atoms with Gasteiger partial charge in [-0.25, -0.2) is 0 Å². The summed E-state index contributed by atoms with van der Waals surface area (Å²) in [6.45, 7) is 9.79. The standard InChI is InChI=1S/C7H13ClO5S.C7H14O3.Cl2O2S/c1-4-12-6(9)7(2,3)5-13-14(8,10)11;1-4-10-6(9)7(2,3)5-8;1-5(2,3)4/h4-5H2,1-3H3;8H,4-5H2,1-3H3;. The Morgan fingerprint density at radius 2 is 1.14 bits per heavy atom. The maximum Gasteiger partial charge on any atom is 0.355 e.